The molecule has 138 valence electrons. The normalized spacial score (nSPS) is 13.3. The molecule has 1 aliphatic rings. The maximum absolute atomic E-state index is 12.5. The predicted octanol–water partition coefficient (Wildman–Crippen LogP) is 3.29. The van der Waals surface area contributed by atoms with E-state index in [0.717, 1.165) is 22.4 Å². The lowest BCUT2D eigenvalue weighted by molar-refractivity contribution is -0.121. The molecule has 0 atom stereocenters. The fourth-order valence-corrected chi connectivity index (χ4v) is 3.31. The molecule has 7 heteroatoms. The summed E-state index contributed by atoms with van der Waals surface area (Å²) in [4.78, 5) is 18.3. The molecular formula is C20H19N3O4. The number of fused-ring (bicyclic) bond motifs is 1. The van der Waals surface area contributed by atoms with Gasteiger partial charge in [-0.15, -0.1) is 0 Å². The molecule has 4 rings (SSSR count). The molecule has 0 unspecified atom stereocenters. The molecule has 27 heavy (non-hydrogen) atoms. The first-order chi connectivity index (χ1) is 13.1. The highest BCUT2D eigenvalue weighted by molar-refractivity contribution is 5.99. The SMILES string of the molecule is COc1cc2c(cc1-c1c(C)noc1C)OCC(=O)N2Cc1cccnc1. The Kier molecular flexibility index (Phi) is 4.27. The van der Waals surface area contributed by atoms with Crippen molar-refractivity contribution >= 4 is 11.6 Å². The third kappa shape index (κ3) is 3.01. The Morgan fingerprint density at radius 1 is 1.30 bits per heavy atom. The van der Waals surface area contributed by atoms with E-state index in [1.165, 1.54) is 0 Å². The van der Waals surface area contributed by atoms with E-state index in [4.69, 9.17) is 14.0 Å². The van der Waals surface area contributed by atoms with Gasteiger partial charge in [-0.1, -0.05) is 11.2 Å². The quantitative estimate of drug-likeness (QED) is 0.706. The summed E-state index contributed by atoms with van der Waals surface area (Å²) in [6.07, 6.45) is 3.45. The van der Waals surface area contributed by atoms with Crippen LogP contribution in [0.15, 0.2) is 41.2 Å². The van der Waals surface area contributed by atoms with Crippen LogP contribution in [0.4, 0.5) is 5.69 Å². The minimum absolute atomic E-state index is 0.0133. The largest absolute Gasteiger partial charge is 0.496 e. The fourth-order valence-electron chi connectivity index (χ4n) is 3.31. The van der Waals surface area contributed by atoms with Crippen LogP contribution in [0.1, 0.15) is 17.0 Å². The Morgan fingerprint density at radius 3 is 2.81 bits per heavy atom. The molecule has 7 nitrogen and oxygen atoms in total. The third-order valence-corrected chi connectivity index (χ3v) is 4.59. The number of nitrogens with zero attached hydrogens (tertiary/aromatic N) is 3. The zero-order chi connectivity index (χ0) is 19.0. The van der Waals surface area contributed by atoms with Crippen molar-refractivity contribution in [2.45, 2.75) is 20.4 Å². The van der Waals surface area contributed by atoms with Crippen LogP contribution in [-0.4, -0.2) is 29.8 Å². The van der Waals surface area contributed by atoms with Crippen LogP contribution in [0.25, 0.3) is 11.1 Å². The first-order valence-corrected chi connectivity index (χ1v) is 8.56. The van der Waals surface area contributed by atoms with Gasteiger partial charge < -0.3 is 18.9 Å². The fraction of sp³-hybridized carbons (Fsp3) is 0.250. The molecule has 0 bridgehead atoms. The predicted molar refractivity (Wildman–Crippen MR) is 98.9 cm³/mol. The summed E-state index contributed by atoms with van der Waals surface area (Å²) in [5.41, 5.74) is 4.07. The number of aryl methyl sites for hydroxylation is 2. The van der Waals surface area contributed by atoms with E-state index in [9.17, 15) is 4.79 Å². The molecule has 0 spiro atoms. The van der Waals surface area contributed by atoms with Crippen molar-refractivity contribution < 1.29 is 18.8 Å². The van der Waals surface area contributed by atoms with E-state index in [2.05, 4.69) is 10.1 Å². The maximum atomic E-state index is 12.5. The summed E-state index contributed by atoms with van der Waals surface area (Å²) in [5.74, 6) is 1.83. The number of anilines is 1. The van der Waals surface area contributed by atoms with E-state index in [1.54, 1.807) is 24.4 Å². The standard InChI is InChI=1S/C20H19N3O4/c1-12-20(13(2)27-22-12)15-7-18-16(8-17(15)25-3)23(19(24)11-26-18)10-14-5-4-6-21-9-14/h4-9H,10-11H2,1-3H3. The van der Waals surface area contributed by atoms with Crippen molar-refractivity contribution in [3.8, 4) is 22.6 Å². The Morgan fingerprint density at radius 2 is 2.15 bits per heavy atom. The third-order valence-electron chi connectivity index (χ3n) is 4.59. The Hall–Kier alpha value is -3.35. The Bertz CT molecular complexity index is 978. The second-order valence-electron chi connectivity index (χ2n) is 6.35. The van der Waals surface area contributed by atoms with Gasteiger partial charge in [0.15, 0.2) is 6.61 Å². The Labute approximate surface area is 156 Å². The van der Waals surface area contributed by atoms with Crippen molar-refractivity contribution in [1.82, 2.24) is 10.1 Å². The number of carbonyl (C=O) groups excluding carboxylic acids is 1. The molecule has 3 heterocycles. The Balaban J connectivity index is 1.81. The first kappa shape index (κ1) is 17.1. The number of amides is 1. The van der Waals surface area contributed by atoms with E-state index in [-0.39, 0.29) is 12.5 Å². The lowest BCUT2D eigenvalue weighted by Crippen LogP contribution is -2.38. The molecule has 0 saturated heterocycles. The van der Waals surface area contributed by atoms with Crippen LogP contribution >= 0.6 is 0 Å². The summed E-state index contributed by atoms with van der Waals surface area (Å²) in [6, 6.07) is 7.49. The van der Waals surface area contributed by atoms with E-state index < -0.39 is 0 Å². The number of rotatable bonds is 4. The number of ether oxygens (including phenoxy) is 2. The lowest BCUT2D eigenvalue weighted by Gasteiger charge is -2.30. The average molecular weight is 365 g/mol. The number of benzene rings is 1. The highest BCUT2D eigenvalue weighted by Crippen LogP contribution is 2.44. The van der Waals surface area contributed by atoms with Crippen molar-refractivity contribution in [2.75, 3.05) is 18.6 Å². The molecule has 3 aromatic rings. The number of hydrogen-bond donors (Lipinski definition) is 0. The average Bonchev–Trinajstić information content (AvgIpc) is 3.02. The van der Waals surface area contributed by atoms with Crippen molar-refractivity contribution in [3.05, 3.63) is 53.7 Å². The summed E-state index contributed by atoms with van der Waals surface area (Å²) >= 11 is 0. The molecule has 0 radical (unpaired) electrons. The summed E-state index contributed by atoms with van der Waals surface area (Å²) in [6.45, 7) is 4.13. The first-order valence-electron chi connectivity index (χ1n) is 8.56. The molecule has 1 aliphatic heterocycles. The molecule has 1 amide bonds. The summed E-state index contributed by atoms with van der Waals surface area (Å²) in [7, 11) is 1.60. The highest BCUT2D eigenvalue weighted by atomic mass is 16.5. The van der Waals surface area contributed by atoms with Crippen LogP contribution < -0.4 is 14.4 Å². The van der Waals surface area contributed by atoms with E-state index in [0.29, 0.717) is 29.5 Å². The van der Waals surface area contributed by atoms with Crippen molar-refractivity contribution in [1.29, 1.82) is 0 Å². The van der Waals surface area contributed by atoms with Crippen molar-refractivity contribution in [2.24, 2.45) is 0 Å². The topological polar surface area (TPSA) is 77.7 Å². The molecule has 0 fully saturated rings. The zero-order valence-corrected chi connectivity index (χ0v) is 15.4. The van der Waals surface area contributed by atoms with Crippen molar-refractivity contribution in [3.63, 3.8) is 0 Å². The minimum Gasteiger partial charge on any atom is -0.496 e. The van der Waals surface area contributed by atoms with E-state index in [1.807, 2.05) is 38.1 Å². The van der Waals surface area contributed by atoms with Gasteiger partial charge >= 0.3 is 0 Å². The molecule has 0 aliphatic carbocycles. The van der Waals surface area contributed by atoms with Gasteiger partial charge in [-0.2, -0.15) is 0 Å². The minimum atomic E-state index is -0.113. The number of hydrogen-bond acceptors (Lipinski definition) is 6. The summed E-state index contributed by atoms with van der Waals surface area (Å²) in [5, 5.41) is 4.02. The second kappa shape index (κ2) is 6.75. The smallest absolute Gasteiger partial charge is 0.265 e. The van der Waals surface area contributed by atoms with Gasteiger partial charge in [-0.3, -0.25) is 9.78 Å². The zero-order valence-electron chi connectivity index (χ0n) is 15.4. The highest BCUT2D eigenvalue weighted by Gasteiger charge is 2.29. The molecular weight excluding hydrogens is 346 g/mol. The second-order valence-corrected chi connectivity index (χ2v) is 6.35. The maximum Gasteiger partial charge on any atom is 0.265 e. The van der Waals surface area contributed by atoms with E-state index >= 15 is 0 Å². The molecule has 1 aromatic carbocycles. The molecule has 0 saturated carbocycles. The number of methoxy groups -OCH3 is 1. The number of carbonyl (C=O) groups is 1. The van der Waals surface area contributed by atoms with Gasteiger partial charge in [0.2, 0.25) is 0 Å². The van der Waals surface area contributed by atoms with Crippen LogP contribution in [0, 0.1) is 13.8 Å². The van der Waals surface area contributed by atoms with Gasteiger partial charge in [0.1, 0.15) is 17.3 Å². The van der Waals surface area contributed by atoms with Crippen LogP contribution in [0.2, 0.25) is 0 Å². The van der Waals surface area contributed by atoms with Crippen LogP contribution in [0.5, 0.6) is 11.5 Å². The molecule has 0 N–H and O–H groups in total. The van der Waals surface area contributed by atoms with Gasteiger partial charge in [-0.25, -0.2) is 0 Å². The number of pyridine rings is 1. The van der Waals surface area contributed by atoms with Crippen LogP contribution in [0.3, 0.4) is 0 Å². The van der Waals surface area contributed by atoms with Gasteiger partial charge in [0, 0.05) is 24.0 Å². The molecule has 2 aromatic heterocycles. The monoisotopic (exact) mass is 365 g/mol. The van der Waals surface area contributed by atoms with Gasteiger partial charge in [-0.05, 0) is 31.5 Å². The lowest BCUT2D eigenvalue weighted by atomic mass is 10.0. The number of aromatic nitrogens is 2. The van der Waals surface area contributed by atoms with Gasteiger partial charge in [0.05, 0.1) is 30.6 Å². The van der Waals surface area contributed by atoms with Gasteiger partial charge in [0.25, 0.3) is 5.91 Å². The van der Waals surface area contributed by atoms with Crippen LogP contribution in [-0.2, 0) is 11.3 Å². The summed E-state index contributed by atoms with van der Waals surface area (Å²) < 4.78 is 16.6.